The molecule has 0 fully saturated rings. The molecule has 1 rings (SSSR count). The predicted molar refractivity (Wildman–Crippen MR) is 49.8 cm³/mol. The van der Waals surface area contributed by atoms with E-state index in [1.807, 2.05) is 0 Å². The van der Waals surface area contributed by atoms with Gasteiger partial charge >= 0.3 is 5.97 Å². The summed E-state index contributed by atoms with van der Waals surface area (Å²) in [7, 11) is 2.98. The number of esters is 1. The molecule has 0 radical (unpaired) electrons. The zero-order chi connectivity index (χ0) is 9.84. The maximum Gasteiger partial charge on any atom is 0.339 e. The molecule has 1 heterocycles. The SMILES string of the molecule is COC(=O)c1ccc(N(C)Cl)nc1. The van der Waals surface area contributed by atoms with Crippen molar-refractivity contribution in [2.75, 3.05) is 18.6 Å². The van der Waals surface area contributed by atoms with Crippen molar-refractivity contribution in [3.05, 3.63) is 23.9 Å². The van der Waals surface area contributed by atoms with E-state index in [0.717, 1.165) is 0 Å². The quantitative estimate of drug-likeness (QED) is 0.536. The summed E-state index contributed by atoms with van der Waals surface area (Å²) in [5.74, 6) is 0.172. The third-order valence-electron chi connectivity index (χ3n) is 1.48. The Morgan fingerprint density at radius 3 is 2.69 bits per heavy atom. The lowest BCUT2D eigenvalue weighted by Gasteiger charge is -2.07. The van der Waals surface area contributed by atoms with E-state index in [4.69, 9.17) is 11.8 Å². The van der Waals surface area contributed by atoms with Gasteiger partial charge < -0.3 is 4.74 Å². The minimum Gasteiger partial charge on any atom is -0.465 e. The van der Waals surface area contributed by atoms with E-state index in [2.05, 4.69) is 9.72 Å². The topological polar surface area (TPSA) is 42.4 Å². The fourth-order valence-electron chi connectivity index (χ4n) is 0.807. The lowest BCUT2D eigenvalue weighted by atomic mass is 10.3. The Balaban J connectivity index is 2.87. The van der Waals surface area contributed by atoms with Gasteiger partial charge in [-0.3, -0.25) is 4.42 Å². The van der Waals surface area contributed by atoms with Crippen molar-refractivity contribution in [2.24, 2.45) is 0 Å². The Bertz CT molecular complexity index is 298. The summed E-state index contributed by atoms with van der Waals surface area (Å²) >= 11 is 5.62. The molecule has 0 aliphatic rings. The summed E-state index contributed by atoms with van der Waals surface area (Å²) in [5, 5.41) is 0. The Morgan fingerprint density at radius 2 is 2.31 bits per heavy atom. The molecule has 1 aromatic heterocycles. The molecule has 1 aromatic rings. The highest BCUT2D eigenvalue weighted by molar-refractivity contribution is 6.24. The highest BCUT2D eigenvalue weighted by atomic mass is 35.5. The number of pyridine rings is 1. The highest BCUT2D eigenvalue weighted by Gasteiger charge is 2.05. The smallest absolute Gasteiger partial charge is 0.339 e. The first-order valence-electron chi connectivity index (χ1n) is 3.59. The Labute approximate surface area is 81.2 Å². The number of carbonyl (C=O) groups is 1. The zero-order valence-electron chi connectivity index (χ0n) is 7.32. The lowest BCUT2D eigenvalue weighted by Crippen LogP contribution is -2.06. The van der Waals surface area contributed by atoms with Crippen LogP contribution in [0.5, 0.6) is 0 Å². The summed E-state index contributed by atoms with van der Waals surface area (Å²) in [5.41, 5.74) is 0.407. The first-order chi connectivity index (χ1) is 6.15. The van der Waals surface area contributed by atoms with Crippen molar-refractivity contribution in [1.29, 1.82) is 0 Å². The van der Waals surface area contributed by atoms with Crippen LogP contribution in [0.4, 0.5) is 5.82 Å². The van der Waals surface area contributed by atoms with E-state index in [1.165, 1.54) is 17.7 Å². The van der Waals surface area contributed by atoms with Crippen LogP contribution in [0.15, 0.2) is 18.3 Å². The van der Waals surface area contributed by atoms with Crippen molar-refractivity contribution in [3.8, 4) is 0 Å². The first kappa shape index (κ1) is 9.80. The Hall–Kier alpha value is -1.29. The zero-order valence-corrected chi connectivity index (χ0v) is 8.08. The van der Waals surface area contributed by atoms with Gasteiger partial charge in [0.2, 0.25) is 0 Å². The molecule has 13 heavy (non-hydrogen) atoms. The monoisotopic (exact) mass is 200 g/mol. The molecule has 0 amide bonds. The number of anilines is 1. The molecule has 0 saturated heterocycles. The maximum absolute atomic E-state index is 11.0. The number of rotatable bonds is 2. The van der Waals surface area contributed by atoms with Crippen molar-refractivity contribution in [1.82, 2.24) is 4.98 Å². The van der Waals surface area contributed by atoms with Crippen LogP contribution < -0.4 is 4.42 Å². The number of nitrogens with zero attached hydrogens (tertiary/aromatic N) is 2. The Kier molecular flexibility index (Phi) is 3.08. The molecule has 0 aliphatic heterocycles. The molecule has 0 saturated carbocycles. The minimum atomic E-state index is -0.406. The van der Waals surface area contributed by atoms with E-state index in [9.17, 15) is 4.79 Å². The van der Waals surface area contributed by atoms with Gasteiger partial charge in [-0.1, -0.05) is 0 Å². The molecule has 0 atom stereocenters. The highest BCUT2D eigenvalue weighted by Crippen LogP contribution is 2.11. The van der Waals surface area contributed by atoms with Crippen LogP contribution >= 0.6 is 11.8 Å². The second-order valence-electron chi connectivity index (χ2n) is 2.37. The first-order valence-corrected chi connectivity index (χ1v) is 3.93. The van der Waals surface area contributed by atoms with Gasteiger partial charge in [-0.25, -0.2) is 9.78 Å². The summed E-state index contributed by atoms with van der Waals surface area (Å²) in [6, 6.07) is 3.24. The second kappa shape index (κ2) is 4.09. The van der Waals surface area contributed by atoms with Gasteiger partial charge in [0.25, 0.3) is 0 Å². The second-order valence-corrected chi connectivity index (χ2v) is 2.88. The fraction of sp³-hybridized carbons (Fsp3) is 0.250. The predicted octanol–water partition coefficient (Wildman–Crippen LogP) is 1.46. The number of halogens is 1. The molecular formula is C8H9ClN2O2. The minimum absolute atomic E-state index is 0.406. The van der Waals surface area contributed by atoms with Gasteiger partial charge in [-0.05, 0) is 12.1 Å². The summed E-state index contributed by atoms with van der Waals surface area (Å²) in [6.45, 7) is 0. The maximum atomic E-state index is 11.0. The van der Waals surface area contributed by atoms with Crippen LogP contribution in [0.1, 0.15) is 10.4 Å². The average Bonchev–Trinajstić information content (AvgIpc) is 2.17. The van der Waals surface area contributed by atoms with E-state index in [-0.39, 0.29) is 0 Å². The molecule has 0 N–H and O–H groups in total. The van der Waals surface area contributed by atoms with Crippen LogP contribution in [0, 0.1) is 0 Å². The number of hydrogen-bond donors (Lipinski definition) is 0. The van der Waals surface area contributed by atoms with Crippen LogP contribution in [-0.4, -0.2) is 25.1 Å². The molecule has 0 bridgehead atoms. The van der Waals surface area contributed by atoms with Gasteiger partial charge in [0.05, 0.1) is 12.7 Å². The van der Waals surface area contributed by atoms with Gasteiger partial charge in [-0.2, -0.15) is 0 Å². The Morgan fingerprint density at radius 1 is 1.62 bits per heavy atom. The van der Waals surface area contributed by atoms with Crippen LogP contribution in [0.25, 0.3) is 0 Å². The number of aromatic nitrogens is 1. The molecule has 0 unspecified atom stereocenters. The molecule has 0 aromatic carbocycles. The van der Waals surface area contributed by atoms with Crippen LogP contribution in [0.2, 0.25) is 0 Å². The fourth-order valence-corrected chi connectivity index (χ4v) is 0.907. The van der Waals surface area contributed by atoms with Gasteiger partial charge in [0.15, 0.2) is 0 Å². The third-order valence-corrected chi connectivity index (χ3v) is 1.66. The number of hydrogen-bond acceptors (Lipinski definition) is 4. The molecule has 0 spiro atoms. The molecule has 5 heteroatoms. The normalized spacial score (nSPS) is 9.46. The molecule has 4 nitrogen and oxygen atoms in total. The molecular weight excluding hydrogens is 192 g/mol. The summed E-state index contributed by atoms with van der Waals surface area (Å²) in [4.78, 5) is 14.9. The van der Waals surface area contributed by atoms with Crippen molar-refractivity contribution < 1.29 is 9.53 Å². The van der Waals surface area contributed by atoms with E-state index in [0.29, 0.717) is 11.4 Å². The van der Waals surface area contributed by atoms with Gasteiger partial charge in [-0.15, -0.1) is 0 Å². The van der Waals surface area contributed by atoms with E-state index in [1.54, 1.807) is 19.2 Å². The molecule has 70 valence electrons. The third kappa shape index (κ3) is 2.32. The van der Waals surface area contributed by atoms with Crippen LogP contribution in [-0.2, 0) is 4.74 Å². The lowest BCUT2D eigenvalue weighted by molar-refractivity contribution is 0.0600. The van der Waals surface area contributed by atoms with Gasteiger partial charge in [0, 0.05) is 25.0 Å². The van der Waals surface area contributed by atoms with Crippen molar-refractivity contribution >= 4 is 23.6 Å². The number of carbonyl (C=O) groups excluding carboxylic acids is 1. The van der Waals surface area contributed by atoms with Crippen LogP contribution in [0.3, 0.4) is 0 Å². The van der Waals surface area contributed by atoms with E-state index < -0.39 is 5.97 Å². The van der Waals surface area contributed by atoms with Crippen molar-refractivity contribution in [2.45, 2.75) is 0 Å². The largest absolute Gasteiger partial charge is 0.465 e. The average molecular weight is 201 g/mol. The molecule has 0 aliphatic carbocycles. The summed E-state index contributed by atoms with van der Waals surface area (Å²) in [6.07, 6.45) is 1.42. The van der Waals surface area contributed by atoms with E-state index >= 15 is 0 Å². The number of ether oxygens (including phenoxy) is 1. The van der Waals surface area contributed by atoms with Gasteiger partial charge in [0.1, 0.15) is 5.82 Å². The van der Waals surface area contributed by atoms with Crippen molar-refractivity contribution in [3.63, 3.8) is 0 Å². The standard InChI is InChI=1S/C8H9ClN2O2/c1-11(9)7-4-3-6(5-10-7)8(12)13-2/h3-5H,1-2H3. The number of methoxy groups -OCH3 is 1. The summed E-state index contributed by atoms with van der Waals surface area (Å²) < 4.78 is 5.85.